The predicted molar refractivity (Wildman–Crippen MR) is 145 cm³/mol. The molecule has 0 unspecified atom stereocenters. The zero-order chi connectivity index (χ0) is 26.5. The largest absolute Gasteiger partial charge is 0.493 e. The maximum Gasteiger partial charge on any atom is 0.318 e. The van der Waals surface area contributed by atoms with Crippen LogP contribution in [0, 0.1) is 0 Å². The summed E-state index contributed by atoms with van der Waals surface area (Å²) in [6, 6.07) is 19.4. The van der Waals surface area contributed by atoms with E-state index in [4.69, 9.17) is 34.6 Å². The minimum absolute atomic E-state index is 0.322. The van der Waals surface area contributed by atoms with Crippen LogP contribution in [0.1, 0.15) is 15.9 Å². The van der Waals surface area contributed by atoms with Gasteiger partial charge in [-0.3, -0.25) is 4.79 Å². The molecule has 1 aliphatic rings. The third-order valence-electron chi connectivity index (χ3n) is 6.52. The molecule has 2 heterocycles. The van der Waals surface area contributed by atoms with Crippen molar-refractivity contribution in [3.05, 3.63) is 71.8 Å². The summed E-state index contributed by atoms with van der Waals surface area (Å²) in [4.78, 5) is 23.4. The van der Waals surface area contributed by atoms with Crippen LogP contribution in [0.15, 0.2) is 60.7 Å². The van der Waals surface area contributed by atoms with E-state index in [0.717, 1.165) is 46.5 Å². The third kappa shape index (κ3) is 5.47. The number of methoxy groups -OCH3 is 2. The molecule has 0 saturated carbocycles. The van der Waals surface area contributed by atoms with E-state index in [0.29, 0.717) is 49.3 Å². The first-order valence-electron chi connectivity index (χ1n) is 12.4. The fourth-order valence-electron chi connectivity index (χ4n) is 4.50. The van der Waals surface area contributed by atoms with Crippen LogP contribution in [0.25, 0.3) is 22.0 Å². The van der Waals surface area contributed by atoms with Crippen molar-refractivity contribution in [1.29, 1.82) is 0 Å². The lowest BCUT2D eigenvalue weighted by Crippen LogP contribution is -2.37. The molecule has 9 heteroatoms. The van der Waals surface area contributed by atoms with E-state index in [1.54, 1.807) is 26.4 Å². The van der Waals surface area contributed by atoms with Crippen LogP contribution in [-0.4, -0.2) is 63.0 Å². The first-order chi connectivity index (χ1) is 18.6. The van der Waals surface area contributed by atoms with Gasteiger partial charge in [0.25, 0.3) is 0 Å². The zero-order valence-electron chi connectivity index (χ0n) is 21.5. The molecule has 0 bridgehead atoms. The Morgan fingerprint density at radius 3 is 2.50 bits per heavy atom. The van der Waals surface area contributed by atoms with Crippen LogP contribution in [0.5, 0.6) is 17.5 Å². The van der Waals surface area contributed by atoms with Crippen LogP contribution in [0.3, 0.4) is 0 Å². The normalized spacial score (nSPS) is 13.4. The summed E-state index contributed by atoms with van der Waals surface area (Å²) in [6.07, 6.45) is 0.657. The molecular formula is C29H30N4O5. The van der Waals surface area contributed by atoms with Crippen molar-refractivity contribution >= 4 is 22.6 Å². The van der Waals surface area contributed by atoms with Crippen LogP contribution in [0.4, 0.5) is 5.82 Å². The molecule has 3 aromatic carbocycles. The minimum Gasteiger partial charge on any atom is -0.493 e. The second kappa shape index (κ2) is 11.4. The molecule has 1 amide bonds. The van der Waals surface area contributed by atoms with Gasteiger partial charge in [0.2, 0.25) is 5.91 Å². The number of aromatic nitrogens is 2. The average molecular weight is 515 g/mol. The molecule has 0 spiro atoms. The van der Waals surface area contributed by atoms with Crippen molar-refractivity contribution in [3.8, 4) is 28.6 Å². The molecule has 0 radical (unpaired) electrons. The fourth-order valence-corrected chi connectivity index (χ4v) is 4.50. The van der Waals surface area contributed by atoms with Crippen LogP contribution in [0.2, 0.25) is 0 Å². The minimum atomic E-state index is -0.458. The molecule has 9 nitrogen and oxygen atoms in total. The quantitative estimate of drug-likeness (QED) is 0.359. The smallest absolute Gasteiger partial charge is 0.318 e. The average Bonchev–Trinajstić information content (AvgIpc) is 2.97. The number of carbonyl (C=O) groups excluding carboxylic acids is 1. The van der Waals surface area contributed by atoms with E-state index in [9.17, 15) is 4.79 Å². The summed E-state index contributed by atoms with van der Waals surface area (Å²) >= 11 is 0. The van der Waals surface area contributed by atoms with Crippen LogP contribution in [-0.2, 0) is 11.2 Å². The first-order valence-corrected chi connectivity index (χ1v) is 12.4. The molecule has 2 N–H and O–H groups in total. The Hall–Kier alpha value is -4.37. The van der Waals surface area contributed by atoms with Gasteiger partial charge in [-0.2, -0.15) is 9.97 Å². The molecule has 196 valence electrons. The summed E-state index contributed by atoms with van der Waals surface area (Å²) in [5.74, 6) is 1.71. The number of hydrogen-bond donors (Lipinski definition) is 1. The maximum absolute atomic E-state index is 11.7. The maximum atomic E-state index is 11.7. The summed E-state index contributed by atoms with van der Waals surface area (Å²) in [5, 5.41) is 0.904. The van der Waals surface area contributed by atoms with E-state index in [-0.39, 0.29) is 0 Å². The zero-order valence-corrected chi connectivity index (χ0v) is 21.5. The highest BCUT2D eigenvalue weighted by molar-refractivity contribution is 5.96. The molecule has 4 aromatic rings. The SMILES string of the molecule is COc1ccc(CCOc2nc(N3CCOCC3)c3cc(-c4cccc(C(N)=O)c4)ccc3n2)cc1OC. The van der Waals surface area contributed by atoms with Crippen molar-refractivity contribution in [3.63, 3.8) is 0 Å². The lowest BCUT2D eigenvalue weighted by molar-refractivity contribution is 0.100. The lowest BCUT2D eigenvalue weighted by atomic mass is 10.0. The monoisotopic (exact) mass is 514 g/mol. The number of fused-ring (bicyclic) bond motifs is 1. The van der Waals surface area contributed by atoms with Gasteiger partial charge in [-0.05, 0) is 53.1 Å². The highest BCUT2D eigenvalue weighted by atomic mass is 16.5. The van der Waals surface area contributed by atoms with Gasteiger partial charge in [0, 0.05) is 30.5 Å². The number of carbonyl (C=O) groups is 1. The topological polar surface area (TPSA) is 109 Å². The van der Waals surface area contributed by atoms with Gasteiger partial charge >= 0.3 is 6.01 Å². The van der Waals surface area contributed by atoms with E-state index >= 15 is 0 Å². The number of ether oxygens (including phenoxy) is 4. The standard InChI is InChI=1S/C29H30N4O5/c1-35-25-9-6-19(16-26(25)36-2)10-13-38-29-31-24-8-7-21(20-4-3-5-22(17-20)27(30)34)18-23(24)28(32-29)33-11-14-37-15-12-33/h3-9,16-18H,10-15H2,1-2H3,(H2,30,34). The predicted octanol–water partition coefficient (Wildman–Crippen LogP) is 3.87. The van der Waals surface area contributed by atoms with E-state index < -0.39 is 5.91 Å². The van der Waals surface area contributed by atoms with Gasteiger partial charge in [0.05, 0.1) is 39.6 Å². The number of morpholine rings is 1. The van der Waals surface area contributed by atoms with E-state index in [1.165, 1.54) is 0 Å². The van der Waals surface area contributed by atoms with Gasteiger partial charge in [-0.1, -0.05) is 24.3 Å². The number of primary amides is 1. The van der Waals surface area contributed by atoms with E-state index in [2.05, 4.69) is 4.90 Å². The summed E-state index contributed by atoms with van der Waals surface area (Å²) in [7, 11) is 3.24. The van der Waals surface area contributed by atoms with Crippen LogP contribution < -0.4 is 24.8 Å². The number of hydrogen-bond acceptors (Lipinski definition) is 8. The molecule has 1 saturated heterocycles. The number of nitrogens with zero attached hydrogens (tertiary/aromatic N) is 3. The van der Waals surface area contributed by atoms with Crippen molar-refractivity contribution in [2.75, 3.05) is 52.0 Å². The van der Waals surface area contributed by atoms with Crippen molar-refractivity contribution in [2.45, 2.75) is 6.42 Å². The molecule has 38 heavy (non-hydrogen) atoms. The summed E-state index contributed by atoms with van der Waals surface area (Å²) in [6.45, 7) is 3.10. The summed E-state index contributed by atoms with van der Waals surface area (Å²) < 4.78 is 22.3. The number of amides is 1. The number of nitrogens with two attached hydrogens (primary N) is 1. The van der Waals surface area contributed by atoms with Gasteiger partial charge in [0.1, 0.15) is 5.82 Å². The first kappa shape index (κ1) is 25.3. The Kier molecular flexibility index (Phi) is 7.55. The molecule has 5 rings (SSSR count). The lowest BCUT2D eigenvalue weighted by Gasteiger charge is -2.29. The Labute approximate surface area is 221 Å². The molecule has 1 aliphatic heterocycles. The Morgan fingerprint density at radius 2 is 1.74 bits per heavy atom. The molecular weight excluding hydrogens is 484 g/mol. The van der Waals surface area contributed by atoms with Crippen molar-refractivity contribution in [2.24, 2.45) is 5.73 Å². The van der Waals surface area contributed by atoms with Crippen LogP contribution >= 0.6 is 0 Å². The second-order valence-corrected chi connectivity index (χ2v) is 8.89. The fraction of sp³-hybridized carbons (Fsp3) is 0.276. The summed E-state index contributed by atoms with van der Waals surface area (Å²) in [5.41, 5.74) is 9.62. The number of benzene rings is 3. The van der Waals surface area contributed by atoms with E-state index in [1.807, 2.05) is 48.5 Å². The highest BCUT2D eigenvalue weighted by Crippen LogP contribution is 2.32. The third-order valence-corrected chi connectivity index (χ3v) is 6.52. The van der Waals surface area contributed by atoms with Gasteiger partial charge < -0.3 is 29.6 Å². The number of anilines is 1. The molecule has 0 atom stereocenters. The van der Waals surface area contributed by atoms with Gasteiger partial charge in [-0.15, -0.1) is 0 Å². The van der Waals surface area contributed by atoms with Gasteiger partial charge in [-0.25, -0.2) is 0 Å². The Bertz CT molecular complexity index is 1450. The number of rotatable bonds is 9. The van der Waals surface area contributed by atoms with Crippen molar-refractivity contribution < 1.29 is 23.7 Å². The molecule has 1 aromatic heterocycles. The highest BCUT2D eigenvalue weighted by Gasteiger charge is 2.19. The Balaban J connectivity index is 1.43. The van der Waals surface area contributed by atoms with Gasteiger partial charge in [0.15, 0.2) is 11.5 Å². The molecule has 0 aliphatic carbocycles. The Morgan fingerprint density at radius 1 is 0.947 bits per heavy atom. The van der Waals surface area contributed by atoms with Crippen molar-refractivity contribution in [1.82, 2.24) is 9.97 Å². The molecule has 1 fully saturated rings. The second-order valence-electron chi connectivity index (χ2n) is 8.89.